The van der Waals surface area contributed by atoms with Crippen LogP contribution >= 0.6 is 0 Å². The molecule has 0 aliphatic heterocycles. The minimum atomic E-state index is -3.84. The number of benzene rings is 2. The van der Waals surface area contributed by atoms with Gasteiger partial charge in [-0.1, -0.05) is 6.07 Å². The van der Waals surface area contributed by atoms with Crippen molar-refractivity contribution in [1.82, 2.24) is 14.5 Å². The highest BCUT2D eigenvalue weighted by Crippen LogP contribution is 2.34. The Labute approximate surface area is 229 Å². The quantitative estimate of drug-likeness (QED) is 0.265. The fourth-order valence-corrected chi connectivity index (χ4v) is 5.78. The molecule has 1 N–H and O–H groups in total. The lowest BCUT2D eigenvalue weighted by Gasteiger charge is -2.25. The van der Waals surface area contributed by atoms with Crippen molar-refractivity contribution in [2.45, 2.75) is 50.5 Å². The van der Waals surface area contributed by atoms with E-state index in [2.05, 4.69) is 28.7 Å². The molecule has 2 aromatic carbocycles. The normalized spacial score (nSPS) is 12.0. The topological polar surface area (TPSA) is 106 Å². The molecular formula is C29H35N5O4S. The summed E-state index contributed by atoms with van der Waals surface area (Å²) in [6, 6.07) is 17.5. The maximum Gasteiger partial charge on any atom is 0.264 e. The number of aryl methyl sites for hydroxylation is 1. The summed E-state index contributed by atoms with van der Waals surface area (Å²) in [5.41, 5.74) is 3.10. The largest absolute Gasteiger partial charge is 0.385 e. The smallest absolute Gasteiger partial charge is 0.264 e. The lowest BCUT2D eigenvalue weighted by molar-refractivity contribution is -0.114. The van der Waals surface area contributed by atoms with Crippen LogP contribution in [-0.4, -0.2) is 49.6 Å². The number of hydrogen-bond acceptors (Lipinski definition) is 6. The number of unbranched alkanes of at least 4 members (excludes halogenated alkanes) is 1. The van der Waals surface area contributed by atoms with Crippen LogP contribution in [0.3, 0.4) is 0 Å². The molecule has 206 valence electrons. The lowest BCUT2D eigenvalue weighted by atomic mass is 9.87. The Morgan fingerprint density at radius 1 is 1.08 bits per heavy atom. The second-order valence-electron chi connectivity index (χ2n) is 9.98. The highest BCUT2D eigenvalue weighted by atomic mass is 32.2. The Kier molecular flexibility index (Phi) is 8.36. The minimum Gasteiger partial charge on any atom is -0.385 e. The van der Waals surface area contributed by atoms with E-state index in [0.29, 0.717) is 23.5 Å². The van der Waals surface area contributed by atoms with E-state index < -0.39 is 15.4 Å². The first kappa shape index (κ1) is 28.3. The highest BCUT2D eigenvalue weighted by molar-refractivity contribution is 7.92. The zero-order valence-corrected chi connectivity index (χ0v) is 23.8. The van der Waals surface area contributed by atoms with Crippen LogP contribution in [0.4, 0.5) is 11.4 Å². The summed E-state index contributed by atoms with van der Waals surface area (Å²) in [5, 5.41) is 2.65. The van der Waals surface area contributed by atoms with Crippen LogP contribution in [0.25, 0.3) is 11.0 Å². The Morgan fingerprint density at radius 2 is 1.82 bits per heavy atom. The lowest BCUT2D eigenvalue weighted by Crippen LogP contribution is -2.26. The van der Waals surface area contributed by atoms with Crippen LogP contribution in [-0.2, 0) is 31.5 Å². The monoisotopic (exact) mass is 549 g/mol. The van der Waals surface area contributed by atoms with E-state index in [9.17, 15) is 13.2 Å². The minimum absolute atomic E-state index is 0.125. The molecule has 0 spiro atoms. The number of anilines is 2. The van der Waals surface area contributed by atoms with Crippen LogP contribution in [0.1, 0.15) is 45.1 Å². The van der Waals surface area contributed by atoms with Gasteiger partial charge in [0.15, 0.2) is 0 Å². The van der Waals surface area contributed by atoms with E-state index >= 15 is 0 Å². The third-order valence-corrected chi connectivity index (χ3v) is 8.57. The van der Waals surface area contributed by atoms with Crippen LogP contribution in [0.15, 0.2) is 71.8 Å². The summed E-state index contributed by atoms with van der Waals surface area (Å²) in [5.74, 6) is 0.643. The van der Waals surface area contributed by atoms with Crippen molar-refractivity contribution in [3.8, 4) is 0 Å². The van der Waals surface area contributed by atoms with Crippen molar-refractivity contribution in [2.24, 2.45) is 0 Å². The van der Waals surface area contributed by atoms with E-state index in [1.54, 1.807) is 31.5 Å². The molecule has 0 saturated heterocycles. The molecule has 0 saturated carbocycles. The second kappa shape index (κ2) is 11.5. The fourth-order valence-electron chi connectivity index (χ4n) is 4.59. The number of fused-ring (bicyclic) bond motifs is 1. The summed E-state index contributed by atoms with van der Waals surface area (Å²) in [7, 11) is -0.612. The summed E-state index contributed by atoms with van der Waals surface area (Å²) in [6.07, 6.45) is 3.61. The molecule has 4 aromatic rings. The standard InChI is InChI=1S/C29H35N5O4S/c1-21(35)31-22-11-14-24(15-12-22)39(36,37)33(4)23-13-16-26-25(20-23)32-28(34(26)18-8-9-19-38-5)29(2,3)27-10-6-7-17-30-27/h6-7,10-17,20H,8-9,18-19H2,1-5H3,(H,31,35). The van der Waals surface area contributed by atoms with Crippen molar-refractivity contribution < 1.29 is 17.9 Å². The van der Waals surface area contributed by atoms with Crippen LogP contribution < -0.4 is 9.62 Å². The van der Waals surface area contributed by atoms with Crippen LogP contribution in [0.2, 0.25) is 0 Å². The van der Waals surface area contributed by atoms with Crippen molar-refractivity contribution in [3.63, 3.8) is 0 Å². The van der Waals surface area contributed by atoms with Crippen LogP contribution in [0, 0.1) is 0 Å². The predicted molar refractivity (Wildman–Crippen MR) is 154 cm³/mol. The number of imidazole rings is 1. The summed E-state index contributed by atoms with van der Waals surface area (Å²) < 4.78 is 35.5. The first-order chi connectivity index (χ1) is 18.6. The number of carbonyl (C=O) groups is 1. The molecular weight excluding hydrogens is 514 g/mol. The molecule has 0 aliphatic carbocycles. The number of sulfonamides is 1. The Balaban J connectivity index is 1.72. The molecule has 10 heteroatoms. The van der Waals surface area contributed by atoms with Gasteiger partial charge in [0.2, 0.25) is 5.91 Å². The molecule has 0 unspecified atom stereocenters. The van der Waals surface area contributed by atoms with Crippen molar-refractivity contribution >= 4 is 38.3 Å². The van der Waals surface area contributed by atoms with Crippen molar-refractivity contribution in [3.05, 3.63) is 78.4 Å². The first-order valence-electron chi connectivity index (χ1n) is 12.8. The zero-order valence-electron chi connectivity index (χ0n) is 23.0. The number of nitrogens with one attached hydrogen (secondary N) is 1. The van der Waals surface area contributed by atoms with E-state index in [1.165, 1.54) is 30.4 Å². The van der Waals surface area contributed by atoms with Gasteiger partial charge in [0.05, 0.1) is 32.7 Å². The van der Waals surface area contributed by atoms with Gasteiger partial charge in [-0.3, -0.25) is 14.1 Å². The van der Waals surface area contributed by atoms with E-state index in [4.69, 9.17) is 9.72 Å². The molecule has 39 heavy (non-hydrogen) atoms. The molecule has 2 aromatic heterocycles. The Morgan fingerprint density at radius 3 is 2.46 bits per heavy atom. The fraction of sp³-hybridized carbons (Fsp3) is 0.345. The number of rotatable bonds is 11. The number of ether oxygens (including phenoxy) is 1. The van der Waals surface area contributed by atoms with E-state index in [1.807, 2.05) is 30.3 Å². The van der Waals surface area contributed by atoms with Crippen molar-refractivity contribution in [2.75, 3.05) is 30.4 Å². The molecule has 0 aliphatic rings. The SMILES string of the molecule is COCCCCn1c(C(C)(C)c2ccccn2)nc2cc(N(C)S(=O)(=O)c3ccc(NC(C)=O)cc3)ccc21. The van der Waals surface area contributed by atoms with Gasteiger partial charge in [0, 0.05) is 46.1 Å². The molecule has 0 atom stereocenters. The third kappa shape index (κ3) is 5.97. The number of hydrogen-bond donors (Lipinski definition) is 1. The molecule has 1 amide bonds. The Hall–Kier alpha value is -3.76. The average molecular weight is 550 g/mol. The molecule has 0 fully saturated rings. The highest BCUT2D eigenvalue weighted by Gasteiger charge is 2.31. The molecule has 2 heterocycles. The number of methoxy groups -OCH3 is 1. The number of aromatic nitrogens is 3. The van der Waals surface area contributed by atoms with Crippen molar-refractivity contribution in [1.29, 1.82) is 0 Å². The zero-order chi connectivity index (χ0) is 28.2. The number of carbonyl (C=O) groups excluding carboxylic acids is 1. The average Bonchev–Trinajstić information content (AvgIpc) is 3.29. The summed E-state index contributed by atoms with van der Waals surface area (Å²) in [6.45, 7) is 7.04. The van der Waals surface area contributed by atoms with Crippen LogP contribution in [0.5, 0.6) is 0 Å². The Bertz CT molecular complexity index is 1550. The molecule has 0 bridgehead atoms. The van der Waals surface area contributed by atoms with E-state index in [0.717, 1.165) is 36.4 Å². The van der Waals surface area contributed by atoms with Gasteiger partial charge >= 0.3 is 0 Å². The maximum atomic E-state index is 13.4. The summed E-state index contributed by atoms with van der Waals surface area (Å²) in [4.78, 5) is 21.0. The van der Waals surface area contributed by atoms with Gasteiger partial charge < -0.3 is 14.6 Å². The summed E-state index contributed by atoms with van der Waals surface area (Å²) >= 11 is 0. The predicted octanol–water partition coefficient (Wildman–Crippen LogP) is 4.97. The van der Waals surface area contributed by atoms with Gasteiger partial charge in [-0.2, -0.15) is 0 Å². The van der Waals surface area contributed by atoms with Gasteiger partial charge in [0.1, 0.15) is 5.82 Å². The molecule has 4 rings (SSSR count). The van der Waals surface area contributed by atoms with Gasteiger partial charge in [0.25, 0.3) is 10.0 Å². The van der Waals surface area contributed by atoms with Gasteiger partial charge in [-0.25, -0.2) is 13.4 Å². The van der Waals surface area contributed by atoms with Gasteiger partial charge in [-0.15, -0.1) is 0 Å². The first-order valence-corrected chi connectivity index (χ1v) is 14.3. The molecule has 0 radical (unpaired) electrons. The second-order valence-corrected chi connectivity index (χ2v) is 11.9. The van der Waals surface area contributed by atoms with E-state index in [-0.39, 0.29) is 10.8 Å². The van der Waals surface area contributed by atoms with Gasteiger partial charge in [-0.05, 0) is 81.3 Å². The third-order valence-electron chi connectivity index (χ3n) is 6.77. The maximum absolute atomic E-state index is 13.4. The number of amides is 1. The number of nitrogens with zero attached hydrogens (tertiary/aromatic N) is 4. The number of pyridine rings is 1. The molecule has 9 nitrogen and oxygen atoms in total.